The normalized spacial score (nSPS) is 11.8. The Kier molecular flexibility index (Phi) is 7.55. The Balaban J connectivity index is 1.81. The molecule has 1 aromatic carbocycles. The van der Waals surface area contributed by atoms with Gasteiger partial charge < -0.3 is 15.0 Å². The number of pyridine rings is 1. The van der Waals surface area contributed by atoms with Gasteiger partial charge in [0.1, 0.15) is 11.8 Å². The first kappa shape index (κ1) is 20.2. The van der Waals surface area contributed by atoms with E-state index in [4.69, 9.17) is 4.74 Å². The van der Waals surface area contributed by atoms with Gasteiger partial charge in [0, 0.05) is 38.0 Å². The molecule has 0 saturated heterocycles. The Hall–Kier alpha value is -3.15. The molecule has 1 aromatic heterocycles. The molecule has 1 atom stereocenters. The highest BCUT2D eigenvalue weighted by Gasteiger charge is 2.18. The molecule has 0 spiro atoms. The van der Waals surface area contributed by atoms with Gasteiger partial charge in [0.05, 0.1) is 7.11 Å². The summed E-state index contributed by atoms with van der Waals surface area (Å²) in [5.74, 6) is 0.298. The number of hydrogen-bond donors (Lipinski definition) is 1. The van der Waals surface area contributed by atoms with Gasteiger partial charge in [0.25, 0.3) is 0 Å². The number of benzene rings is 1. The average Bonchev–Trinajstić information content (AvgIpc) is 2.71. The van der Waals surface area contributed by atoms with E-state index in [0.717, 1.165) is 17.0 Å². The first-order chi connectivity index (χ1) is 13.0. The molecule has 27 heavy (non-hydrogen) atoms. The van der Waals surface area contributed by atoms with Crippen molar-refractivity contribution in [3.05, 3.63) is 66.0 Å². The number of rotatable bonds is 8. The smallest absolute Gasteiger partial charge is 0.244 e. The third kappa shape index (κ3) is 6.58. The number of carbonyl (C=O) groups excluding carboxylic acids is 2. The van der Waals surface area contributed by atoms with Crippen LogP contribution in [0.4, 0.5) is 0 Å². The minimum atomic E-state index is -0.605. The van der Waals surface area contributed by atoms with Gasteiger partial charge in [-0.2, -0.15) is 0 Å². The summed E-state index contributed by atoms with van der Waals surface area (Å²) in [6.45, 7) is 2.22. The molecule has 1 heterocycles. The van der Waals surface area contributed by atoms with Crippen molar-refractivity contribution in [2.45, 2.75) is 19.4 Å². The molecule has 0 radical (unpaired) electrons. The van der Waals surface area contributed by atoms with Crippen LogP contribution in [-0.4, -0.2) is 48.4 Å². The zero-order valence-electron chi connectivity index (χ0n) is 15.9. The van der Waals surface area contributed by atoms with E-state index in [0.29, 0.717) is 13.0 Å². The highest BCUT2D eigenvalue weighted by Crippen LogP contribution is 2.12. The highest BCUT2D eigenvalue weighted by atomic mass is 16.5. The van der Waals surface area contributed by atoms with Crippen LogP contribution in [0.15, 0.2) is 54.7 Å². The number of ether oxygens (including phenoxy) is 1. The maximum absolute atomic E-state index is 12.4. The molecule has 1 N–H and O–H groups in total. The number of likely N-dealkylation sites (N-methyl/N-ethyl adjacent to an activating group) is 1. The van der Waals surface area contributed by atoms with Crippen molar-refractivity contribution in [2.24, 2.45) is 0 Å². The second-order valence-corrected chi connectivity index (χ2v) is 6.17. The zero-order chi connectivity index (χ0) is 19.6. The first-order valence-electron chi connectivity index (χ1n) is 8.77. The Labute approximate surface area is 159 Å². The van der Waals surface area contributed by atoms with Crippen LogP contribution in [-0.2, 0) is 16.0 Å². The molecule has 0 aliphatic heterocycles. The van der Waals surface area contributed by atoms with E-state index in [1.54, 1.807) is 38.3 Å². The Bertz CT molecular complexity index is 773. The fourth-order valence-electron chi connectivity index (χ4n) is 2.48. The number of nitrogens with zero attached hydrogens (tertiary/aromatic N) is 2. The van der Waals surface area contributed by atoms with Crippen LogP contribution in [0.5, 0.6) is 5.75 Å². The minimum Gasteiger partial charge on any atom is -0.497 e. The first-order valence-corrected chi connectivity index (χ1v) is 8.77. The van der Waals surface area contributed by atoms with Crippen molar-refractivity contribution >= 4 is 17.9 Å². The number of hydrogen-bond acceptors (Lipinski definition) is 4. The van der Waals surface area contributed by atoms with E-state index >= 15 is 0 Å². The molecule has 2 aromatic rings. The summed E-state index contributed by atoms with van der Waals surface area (Å²) in [6.07, 6.45) is 5.51. The second kappa shape index (κ2) is 10.1. The van der Waals surface area contributed by atoms with E-state index in [-0.39, 0.29) is 11.8 Å². The third-order valence-corrected chi connectivity index (χ3v) is 4.08. The zero-order valence-corrected chi connectivity index (χ0v) is 15.9. The van der Waals surface area contributed by atoms with Gasteiger partial charge in [0.2, 0.25) is 11.8 Å². The molecule has 6 nitrogen and oxygen atoms in total. The Morgan fingerprint density at radius 3 is 2.59 bits per heavy atom. The maximum atomic E-state index is 12.4. The molecule has 0 aliphatic rings. The predicted octanol–water partition coefficient (Wildman–Crippen LogP) is 2.31. The summed E-state index contributed by atoms with van der Waals surface area (Å²) in [6, 6.07) is 12.4. The van der Waals surface area contributed by atoms with Crippen LogP contribution >= 0.6 is 0 Å². The number of aromatic nitrogens is 1. The van der Waals surface area contributed by atoms with Gasteiger partial charge in [-0.3, -0.25) is 14.6 Å². The lowest BCUT2D eigenvalue weighted by molar-refractivity contribution is -0.133. The van der Waals surface area contributed by atoms with Gasteiger partial charge in [-0.15, -0.1) is 0 Å². The third-order valence-electron chi connectivity index (χ3n) is 4.08. The summed E-state index contributed by atoms with van der Waals surface area (Å²) in [5, 5.41) is 2.69. The van der Waals surface area contributed by atoms with Crippen LogP contribution < -0.4 is 10.1 Å². The monoisotopic (exact) mass is 367 g/mol. The van der Waals surface area contributed by atoms with Crippen LogP contribution in [0, 0.1) is 0 Å². The summed E-state index contributed by atoms with van der Waals surface area (Å²) in [7, 11) is 3.32. The van der Waals surface area contributed by atoms with Crippen molar-refractivity contribution in [3.63, 3.8) is 0 Å². The van der Waals surface area contributed by atoms with E-state index in [2.05, 4.69) is 10.3 Å². The number of nitrogens with one attached hydrogen (secondary N) is 1. The van der Waals surface area contributed by atoms with Crippen LogP contribution in [0.25, 0.3) is 6.08 Å². The van der Waals surface area contributed by atoms with Gasteiger partial charge in [0.15, 0.2) is 0 Å². The lowest BCUT2D eigenvalue weighted by atomic mass is 10.2. The molecule has 6 heteroatoms. The van der Waals surface area contributed by atoms with E-state index in [1.807, 2.05) is 42.5 Å². The Morgan fingerprint density at radius 2 is 1.96 bits per heavy atom. The van der Waals surface area contributed by atoms with E-state index in [1.165, 1.54) is 6.08 Å². The molecule has 0 aliphatic carbocycles. The van der Waals surface area contributed by atoms with Crippen molar-refractivity contribution in [3.8, 4) is 5.75 Å². The fraction of sp³-hybridized carbons (Fsp3) is 0.286. The van der Waals surface area contributed by atoms with Gasteiger partial charge in [-0.25, -0.2) is 0 Å². The quantitative estimate of drug-likeness (QED) is 0.727. The highest BCUT2D eigenvalue weighted by molar-refractivity contribution is 5.95. The minimum absolute atomic E-state index is 0.142. The van der Waals surface area contributed by atoms with Crippen molar-refractivity contribution in [1.82, 2.24) is 15.2 Å². The molecule has 2 rings (SSSR count). The van der Waals surface area contributed by atoms with Crippen LogP contribution in [0.3, 0.4) is 0 Å². The fourth-order valence-corrected chi connectivity index (χ4v) is 2.48. The van der Waals surface area contributed by atoms with Crippen LogP contribution in [0.2, 0.25) is 0 Å². The maximum Gasteiger partial charge on any atom is 0.244 e. The topological polar surface area (TPSA) is 71.5 Å². The molecule has 0 bridgehead atoms. The molecule has 0 saturated carbocycles. The molecular weight excluding hydrogens is 342 g/mol. The van der Waals surface area contributed by atoms with E-state index in [9.17, 15) is 9.59 Å². The SMILES string of the molecule is COc1ccc(/C=C/C(=O)NC(C)C(=O)N(C)CCc2ccccn2)cc1. The summed E-state index contributed by atoms with van der Waals surface area (Å²) in [4.78, 5) is 30.3. The molecular formula is C21H25N3O3. The van der Waals surface area contributed by atoms with Crippen molar-refractivity contribution in [2.75, 3.05) is 20.7 Å². The standard InChI is InChI=1S/C21H25N3O3/c1-16(21(26)24(2)15-13-18-6-4-5-14-22-18)23-20(25)12-9-17-7-10-19(27-3)11-8-17/h4-12,14,16H,13,15H2,1-3H3,(H,23,25)/b12-9+. The summed E-state index contributed by atoms with van der Waals surface area (Å²) in [5.41, 5.74) is 1.80. The molecule has 1 unspecified atom stereocenters. The number of amides is 2. The second-order valence-electron chi connectivity index (χ2n) is 6.17. The molecule has 0 fully saturated rings. The van der Waals surface area contributed by atoms with Gasteiger partial charge in [-0.1, -0.05) is 18.2 Å². The number of carbonyl (C=O) groups is 2. The van der Waals surface area contributed by atoms with Gasteiger partial charge in [-0.05, 0) is 42.8 Å². The van der Waals surface area contributed by atoms with Gasteiger partial charge >= 0.3 is 0 Å². The summed E-state index contributed by atoms with van der Waals surface area (Å²) < 4.78 is 5.09. The molecule has 142 valence electrons. The van der Waals surface area contributed by atoms with Crippen molar-refractivity contribution in [1.29, 1.82) is 0 Å². The van der Waals surface area contributed by atoms with Crippen molar-refractivity contribution < 1.29 is 14.3 Å². The van der Waals surface area contributed by atoms with E-state index < -0.39 is 6.04 Å². The summed E-state index contributed by atoms with van der Waals surface area (Å²) >= 11 is 0. The molecule has 2 amide bonds. The predicted molar refractivity (Wildman–Crippen MR) is 105 cm³/mol. The Morgan fingerprint density at radius 1 is 1.22 bits per heavy atom. The number of methoxy groups -OCH3 is 1. The lowest BCUT2D eigenvalue weighted by Crippen LogP contribution is -2.45. The van der Waals surface area contributed by atoms with Crippen LogP contribution in [0.1, 0.15) is 18.2 Å². The average molecular weight is 367 g/mol. The largest absolute Gasteiger partial charge is 0.497 e. The lowest BCUT2D eigenvalue weighted by Gasteiger charge is -2.21.